The highest BCUT2D eigenvalue weighted by Crippen LogP contribution is 2.28. The van der Waals surface area contributed by atoms with E-state index < -0.39 is 74.3 Å². The van der Waals surface area contributed by atoms with Gasteiger partial charge in [0.15, 0.2) is 6.29 Å². The maximum absolute atomic E-state index is 10.0. The van der Waals surface area contributed by atoms with E-state index in [1.54, 1.807) is 0 Å². The van der Waals surface area contributed by atoms with Crippen LogP contribution in [0.15, 0.2) is 0 Å². The van der Waals surface area contributed by atoms with Crippen molar-refractivity contribution in [2.75, 3.05) is 26.4 Å². The molecule has 0 aromatic carbocycles. The molecule has 2 heterocycles. The molecular formula is C16H30O11. The van der Waals surface area contributed by atoms with Crippen molar-refractivity contribution in [3.8, 4) is 0 Å². The molecule has 6 unspecified atom stereocenters. The minimum atomic E-state index is -1.57. The van der Waals surface area contributed by atoms with Crippen LogP contribution < -0.4 is 0 Å². The van der Waals surface area contributed by atoms with Crippen LogP contribution in [0.4, 0.5) is 0 Å². The molecule has 2 rings (SSSR count). The molecule has 0 amide bonds. The van der Waals surface area contributed by atoms with Crippen LogP contribution in [0.2, 0.25) is 0 Å². The Bertz CT molecular complexity index is 435. The summed E-state index contributed by atoms with van der Waals surface area (Å²) in [6.45, 7) is -0.669. The van der Waals surface area contributed by atoms with Gasteiger partial charge in [0.1, 0.15) is 30.5 Å². The highest BCUT2D eigenvalue weighted by molar-refractivity contribution is 4.92. The van der Waals surface area contributed by atoms with Gasteiger partial charge in [0.05, 0.1) is 31.5 Å². The maximum atomic E-state index is 10.0. The van der Waals surface area contributed by atoms with Crippen LogP contribution in [0.1, 0.15) is 12.8 Å². The van der Waals surface area contributed by atoms with E-state index in [-0.39, 0.29) is 26.1 Å². The molecule has 11 heteroatoms. The highest BCUT2D eigenvalue weighted by Gasteiger charge is 2.44. The molecule has 2 aliphatic rings. The normalized spacial score (nSPS) is 45.8. The molecule has 0 spiro atoms. The number of hydrogen-bond acceptors (Lipinski definition) is 11. The summed E-state index contributed by atoms with van der Waals surface area (Å²) in [6, 6.07) is 0. The summed E-state index contributed by atoms with van der Waals surface area (Å²) in [5, 5.41) is 77.0. The summed E-state index contributed by atoms with van der Waals surface area (Å²) in [6.07, 6.45) is -10.7. The van der Waals surface area contributed by atoms with Gasteiger partial charge in [-0.15, -0.1) is 0 Å². The van der Waals surface area contributed by atoms with Crippen molar-refractivity contribution in [2.45, 2.75) is 68.0 Å². The first-order chi connectivity index (χ1) is 12.8. The van der Waals surface area contributed by atoms with Crippen LogP contribution in [0.5, 0.6) is 0 Å². The Kier molecular flexibility index (Phi) is 8.77. The third-order valence-electron chi connectivity index (χ3n) is 5.19. The van der Waals surface area contributed by atoms with Gasteiger partial charge in [-0.2, -0.15) is 0 Å². The van der Waals surface area contributed by atoms with E-state index in [0.717, 1.165) is 0 Å². The molecule has 8 N–H and O–H groups in total. The molecule has 160 valence electrons. The minimum Gasteiger partial charge on any atom is -0.394 e. The molecule has 0 aromatic rings. The Morgan fingerprint density at radius 2 is 1.19 bits per heavy atom. The van der Waals surface area contributed by atoms with Gasteiger partial charge in [0.25, 0.3) is 0 Å². The van der Waals surface area contributed by atoms with E-state index in [2.05, 4.69) is 0 Å². The quantitative estimate of drug-likeness (QED) is 0.185. The highest BCUT2D eigenvalue weighted by atomic mass is 16.6. The smallest absolute Gasteiger partial charge is 0.183 e. The van der Waals surface area contributed by atoms with Crippen LogP contribution in [-0.2, 0) is 14.2 Å². The van der Waals surface area contributed by atoms with Crippen molar-refractivity contribution in [2.24, 2.45) is 5.92 Å². The van der Waals surface area contributed by atoms with E-state index in [4.69, 9.17) is 19.3 Å². The Labute approximate surface area is 156 Å². The predicted molar refractivity (Wildman–Crippen MR) is 87.3 cm³/mol. The number of aliphatic hydroxyl groups excluding tert-OH is 8. The summed E-state index contributed by atoms with van der Waals surface area (Å²) in [4.78, 5) is 0. The lowest BCUT2D eigenvalue weighted by atomic mass is 9.87. The van der Waals surface area contributed by atoms with Crippen LogP contribution in [0, 0.1) is 5.92 Å². The van der Waals surface area contributed by atoms with E-state index >= 15 is 0 Å². The third kappa shape index (κ3) is 5.34. The first kappa shape index (κ1) is 22.8. The molecule has 0 bridgehead atoms. The first-order valence-electron chi connectivity index (χ1n) is 9.00. The van der Waals surface area contributed by atoms with E-state index in [1.165, 1.54) is 0 Å². The molecule has 2 saturated heterocycles. The van der Waals surface area contributed by atoms with Crippen LogP contribution in [0.25, 0.3) is 0 Å². The molecule has 0 aromatic heterocycles. The zero-order chi connectivity index (χ0) is 20.1. The average Bonchev–Trinajstić information content (AvgIpc) is 2.66. The van der Waals surface area contributed by atoms with Gasteiger partial charge in [-0.1, -0.05) is 0 Å². The second-order valence-electron chi connectivity index (χ2n) is 6.95. The molecular weight excluding hydrogens is 368 g/mol. The Hall–Kier alpha value is -0.440. The Morgan fingerprint density at radius 3 is 1.81 bits per heavy atom. The van der Waals surface area contributed by atoms with Crippen molar-refractivity contribution in [1.29, 1.82) is 0 Å². The number of hydrogen-bond donors (Lipinski definition) is 8. The van der Waals surface area contributed by atoms with Crippen molar-refractivity contribution < 1.29 is 55.1 Å². The topological polar surface area (TPSA) is 190 Å². The molecule has 0 aliphatic carbocycles. The Balaban J connectivity index is 1.75. The molecule has 2 aliphatic heterocycles. The second kappa shape index (κ2) is 10.4. The van der Waals surface area contributed by atoms with Gasteiger partial charge in [0.2, 0.25) is 0 Å². The van der Waals surface area contributed by atoms with Crippen molar-refractivity contribution in [3.63, 3.8) is 0 Å². The number of rotatable bonds is 8. The lowest BCUT2D eigenvalue weighted by Gasteiger charge is -2.40. The first-order valence-corrected chi connectivity index (χ1v) is 9.00. The van der Waals surface area contributed by atoms with Crippen LogP contribution >= 0.6 is 0 Å². The largest absolute Gasteiger partial charge is 0.394 e. The Morgan fingerprint density at radius 1 is 0.593 bits per heavy atom. The molecule has 0 saturated carbocycles. The third-order valence-corrected chi connectivity index (χ3v) is 5.19. The standard InChI is InChI=1S/C16H30O11/c17-5-9-7(11(19)15(23)16(24)27-9)1-3-25-4-2-8-12(20)14(22)13(21)10(6-18)26-8/h7-24H,1-6H2/t7-,8+,9?,10?,11?,12?,13+,14?,15?,16+/m1/s1. The van der Waals surface area contributed by atoms with Gasteiger partial charge in [-0.05, 0) is 12.8 Å². The van der Waals surface area contributed by atoms with Gasteiger partial charge in [-0.25, -0.2) is 0 Å². The number of aliphatic hydroxyl groups is 8. The fraction of sp³-hybridized carbons (Fsp3) is 1.00. The molecule has 10 atom stereocenters. The summed E-state index contributed by atoms with van der Waals surface area (Å²) >= 11 is 0. The summed E-state index contributed by atoms with van der Waals surface area (Å²) in [7, 11) is 0. The van der Waals surface area contributed by atoms with Gasteiger partial charge >= 0.3 is 0 Å². The fourth-order valence-corrected chi connectivity index (χ4v) is 3.48. The number of ether oxygens (including phenoxy) is 3. The summed E-state index contributed by atoms with van der Waals surface area (Å²) in [5.74, 6) is -0.638. The predicted octanol–water partition coefficient (Wildman–Crippen LogP) is -4.33. The van der Waals surface area contributed by atoms with E-state index in [9.17, 15) is 35.7 Å². The van der Waals surface area contributed by atoms with Crippen LogP contribution in [-0.4, -0.2) is 122 Å². The summed E-state index contributed by atoms with van der Waals surface area (Å²) in [5.41, 5.74) is 0. The lowest BCUT2D eigenvalue weighted by Crippen LogP contribution is -2.58. The van der Waals surface area contributed by atoms with Crippen molar-refractivity contribution in [3.05, 3.63) is 0 Å². The molecule has 0 radical (unpaired) electrons. The van der Waals surface area contributed by atoms with Crippen molar-refractivity contribution >= 4 is 0 Å². The second-order valence-corrected chi connectivity index (χ2v) is 6.95. The average molecular weight is 398 g/mol. The lowest BCUT2D eigenvalue weighted by molar-refractivity contribution is -0.275. The van der Waals surface area contributed by atoms with Crippen LogP contribution in [0.3, 0.4) is 0 Å². The molecule has 11 nitrogen and oxygen atoms in total. The van der Waals surface area contributed by atoms with Gasteiger partial charge < -0.3 is 55.1 Å². The van der Waals surface area contributed by atoms with Gasteiger partial charge in [0, 0.05) is 19.1 Å². The maximum Gasteiger partial charge on any atom is 0.183 e. The summed E-state index contributed by atoms with van der Waals surface area (Å²) < 4.78 is 15.8. The monoisotopic (exact) mass is 398 g/mol. The van der Waals surface area contributed by atoms with Crippen molar-refractivity contribution in [1.82, 2.24) is 0 Å². The molecule has 27 heavy (non-hydrogen) atoms. The SMILES string of the molecule is OCC1O[C@@H](CCOCC[C@@H]2C(CO)O[C@H](O)C(O)C2O)C(O)C(O)[C@H]1O. The zero-order valence-corrected chi connectivity index (χ0v) is 14.8. The minimum absolute atomic E-state index is 0.126. The zero-order valence-electron chi connectivity index (χ0n) is 14.8. The van der Waals surface area contributed by atoms with E-state index in [0.29, 0.717) is 0 Å². The van der Waals surface area contributed by atoms with E-state index in [1.807, 2.05) is 0 Å². The molecule has 2 fully saturated rings. The fourth-order valence-electron chi connectivity index (χ4n) is 3.48. The van der Waals surface area contributed by atoms with Gasteiger partial charge in [-0.3, -0.25) is 0 Å².